The molecular weight excluding hydrogens is 306 g/mol. The third-order valence-corrected chi connectivity index (χ3v) is 5.45. The average molecular weight is 317 g/mol. The maximum Gasteiger partial charge on any atom is 0.196 e. The summed E-state index contributed by atoms with van der Waals surface area (Å²) < 4.78 is 0. The molecule has 23 heavy (non-hydrogen) atoms. The quantitative estimate of drug-likeness (QED) is 0.530. The van der Waals surface area contributed by atoms with E-state index in [2.05, 4.69) is 0 Å². The Labute approximate surface area is 136 Å². The Balaban J connectivity index is 1.94. The van der Waals surface area contributed by atoms with Crippen LogP contribution in [0.2, 0.25) is 0 Å². The lowest BCUT2D eigenvalue weighted by atomic mass is 9.96. The molecule has 2 aromatic heterocycles. The van der Waals surface area contributed by atoms with E-state index in [1.807, 2.05) is 41.8 Å². The molecule has 3 aromatic rings. The highest BCUT2D eigenvalue weighted by atomic mass is 32.1. The zero-order chi connectivity index (χ0) is 15.6. The van der Waals surface area contributed by atoms with Gasteiger partial charge in [-0.25, -0.2) is 0 Å². The van der Waals surface area contributed by atoms with Gasteiger partial charge in [0.1, 0.15) is 0 Å². The molecule has 4 heteroatoms. The van der Waals surface area contributed by atoms with Crippen molar-refractivity contribution in [1.82, 2.24) is 4.98 Å². The Morgan fingerprint density at radius 1 is 0.870 bits per heavy atom. The van der Waals surface area contributed by atoms with E-state index in [9.17, 15) is 9.59 Å². The van der Waals surface area contributed by atoms with Gasteiger partial charge < -0.3 is 0 Å². The minimum Gasteiger partial charge on any atom is -0.294 e. The van der Waals surface area contributed by atoms with Crippen LogP contribution in [0.4, 0.5) is 0 Å². The molecule has 2 aliphatic rings. The average Bonchev–Trinajstić information content (AvgIpc) is 3.28. The molecule has 0 amide bonds. The zero-order valence-corrected chi connectivity index (χ0v) is 12.9. The minimum atomic E-state index is -0.0194. The topological polar surface area (TPSA) is 47.0 Å². The van der Waals surface area contributed by atoms with E-state index in [1.54, 1.807) is 11.3 Å². The molecule has 0 saturated heterocycles. The van der Waals surface area contributed by atoms with E-state index >= 15 is 0 Å². The molecule has 0 fully saturated rings. The molecule has 2 aliphatic carbocycles. The van der Waals surface area contributed by atoms with E-state index in [0.29, 0.717) is 29.5 Å². The van der Waals surface area contributed by atoms with E-state index in [-0.39, 0.29) is 11.6 Å². The molecule has 1 aromatic carbocycles. The molecule has 5 rings (SSSR count). The molecular formula is C19H11NO2S. The van der Waals surface area contributed by atoms with Crippen molar-refractivity contribution in [2.24, 2.45) is 0 Å². The van der Waals surface area contributed by atoms with Gasteiger partial charge in [0.05, 0.1) is 17.0 Å². The number of aromatic nitrogens is 1. The first-order valence-corrected chi connectivity index (χ1v) is 8.41. The van der Waals surface area contributed by atoms with Crippen molar-refractivity contribution < 1.29 is 9.59 Å². The van der Waals surface area contributed by atoms with Gasteiger partial charge in [0.25, 0.3) is 0 Å². The van der Waals surface area contributed by atoms with Gasteiger partial charge in [-0.15, -0.1) is 11.3 Å². The number of fused-ring (bicyclic) bond motifs is 4. The van der Waals surface area contributed by atoms with Crippen LogP contribution in [0.5, 0.6) is 0 Å². The molecule has 2 heterocycles. The fraction of sp³-hybridized carbons (Fsp3) is 0.105. The molecule has 0 unspecified atom stereocenters. The SMILES string of the molecule is O=C1CCc2nc3c(c(-c4cccs4)c21)C(=O)c1ccccc1-3. The summed E-state index contributed by atoms with van der Waals surface area (Å²) in [5.41, 5.74) is 5.19. The lowest BCUT2D eigenvalue weighted by Gasteiger charge is -2.11. The first-order valence-electron chi connectivity index (χ1n) is 7.54. The molecule has 0 atom stereocenters. The predicted molar refractivity (Wildman–Crippen MR) is 89.1 cm³/mol. The van der Waals surface area contributed by atoms with Gasteiger partial charge in [0.15, 0.2) is 11.6 Å². The van der Waals surface area contributed by atoms with Gasteiger partial charge in [0.2, 0.25) is 0 Å². The standard InChI is InChI=1S/C19H11NO2S/c21-13-8-7-12-15(13)16(14-6-3-9-23-14)17-18(20-12)10-4-1-2-5-11(10)19(17)22/h1-6,9H,7-8H2. The maximum atomic E-state index is 13.0. The highest BCUT2D eigenvalue weighted by molar-refractivity contribution is 7.13. The van der Waals surface area contributed by atoms with Crippen molar-refractivity contribution >= 4 is 22.9 Å². The normalized spacial score (nSPS) is 14.8. The number of rotatable bonds is 1. The lowest BCUT2D eigenvalue weighted by molar-refractivity contribution is 0.0995. The van der Waals surface area contributed by atoms with Gasteiger partial charge >= 0.3 is 0 Å². The molecule has 0 bridgehead atoms. The number of carbonyl (C=O) groups excluding carboxylic acids is 2. The van der Waals surface area contributed by atoms with Crippen LogP contribution in [0.3, 0.4) is 0 Å². The highest BCUT2D eigenvalue weighted by Gasteiger charge is 2.37. The Bertz CT molecular complexity index is 1000. The van der Waals surface area contributed by atoms with Crippen LogP contribution < -0.4 is 0 Å². The van der Waals surface area contributed by atoms with Crippen molar-refractivity contribution in [2.75, 3.05) is 0 Å². The van der Waals surface area contributed by atoms with Gasteiger partial charge in [0, 0.05) is 33.6 Å². The number of Topliss-reactive ketones (excluding diaryl/α,β-unsaturated/α-hetero) is 1. The fourth-order valence-corrected chi connectivity index (χ4v) is 4.36. The molecule has 0 radical (unpaired) electrons. The van der Waals surface area contributed by atoms with Crippen LogP contribution in [-0.4, -0.2) is 16.6 Å². The minimum absolute atomic E-state index is 0.0194. The first kappa shape index (κ1) is 12.9. The van der Waals surface area contributed by atoms with Gasteiger partial charge in [-0.3, -0.25) is 14.6 Å². The van der Waals surface area contributed by atoms with Crippen molar-refractivity contribution in [3.05, 3.63) is 64.2 Å². The number of nitrogens with zero attached hydrogens (tertiary/aromatic N) is 1. The first-order chi connectivity index (χ1) is 11.3. The predicted octanol–water partition coefficient (Wildman–Crippen LogP) is 4.15. The number of pyridine rings is 1. The Kier molecular flexibility index (Phi) is 2.50. The Hall–Kier alpha value is -2.59. The summed E-state index contributed by atoms with van der Waals surface area (Å²) in [6.07, 6.45) is 1.15. The zero-order valence-electron chi connectivity index (χ0n) is 12.1. The number of aryl methyl sites for hydroxylation is 1. The monoisotopic (exact) mass is 317 g/mol. The molecule has 3 nitrogen and oxygen atoms in total. The van der Waals surface area contributed by atoms with Crippen LogP contribution >= 0.6 is 11.3 Å². The second-order valence-corrected chi connectivity index (χ2v) is 6.75. The van der Waals surface area contributed by atoms with Crippen LogP contribution in [0.25, 0.3) is 21.7 Å². The van der Waals surface area contributed by atoms with Gasteiger partial charge in [-0.1, -0.05) is 30.3 Å². The molecule has 0 spiro atoms. The summed E-state index contributed by atoms with van der Waals surface area (Å²) in [6.45, 7) is 0. The van der Waals surface area contributed by atoms with Crippen molar-refractivity contribution in [2.45, 2.75) is 12.8 Å². The smallest absolute Gasteiger partial charge is 0.196 e. The molecule has 0 aliphatic heterocycles. The van der Waals surface area contributed by atoms with Crippen LogP contribution in [0, 0.1) is 0 Å². The van der Waals surface area contributed by atoms with Crippen LogP contribution in [-0.2, 0) is 6.42 Å². The molecule has 0 N–H and O–H groups in total. The summed E-state index contributed by atoms with van der Waals surface area (Å²) in [7, 11) is 0. The van der Waals surface area contributed by atoms with Gasteiger partial charge in [-0.05, 0) is 17.9 Å². The molecule has 110 valence electrons. The summed E-state index contributed by atoms with van der Waals surface area (Å²) in [5, 5.41) is 1.97. The van der Waals surface area contributed by atoms with Crippen molar-refractivity contribution in [3.8, 4) is 21.7 Å². The van der Waals surface area contributed by atoms with Crippen molar-refractivity contribution in [1.29, 1.82) is 0 Å². The maximum absolute atomic E-state index is 13.0. The Morgan fingerprint density at radius 3 is 2.48 bits per heavy atom. The number of benzene rings is 1. The number of thiophene rings is 1. The van der Waals surface area contributed by atoms with Crippen molar-refractivity contribution in [3.63, 3.8) is 0 Å². The molecule has 0 saturated carbocycles. The summed E-state index contributed by atoms with van der Waals surface area (Å²) in [5.74, 6) is 0.0801. The highest BCUT2D eigenvalue weighted by Crippen LogP contribution is 2.45. The second-order valence-electron chi connectivity index (χ2n) is 5.81. The number of hydrogen-bond donors (Lipinski definition) is 0. The van der Waals surface area contributed by atoms with Crippen LogP contribution in [0.1, 0.15) is 38.4 Å². The number of ketones is 2. The fourth-order valence-electron chi connectivity index (χ4n) is 3.58. The third kappa shape index (κ3) is 1.61. The van der Waals surface area contributed by atoms with E-state index in [4.69, 9.17) is 4.98 Å². The second kappa shape index (κ2) is 4.46. The number of carbonyl (C=O) groups is 2. The summed E-state index contributed by atoms with van der Waals surface area (Å²) in [4.78, 5) is 31.1. The Morgan fingerprint density at radius 2 is 1.70 bits per heavy atom. The largest absolute Gasteiger partial charge is 0.294 e. The summed E-state index contributed by atoms with van der Waals surface area (Å²) in [6, 6.07) is 11.5. The lowest BCUT2D eigenvalue weighted by Crippen LogP contribution is -2.05. The summed E-state index contributed by atoms with van der Waals surface area (Å²) >= 11 is 1.56. The van der Waals surface area contributed by atoms with Gasteiger partial charge in [-0.2, -0.15) is 0 Å². The van der Waals surface area contributed by atoms with Crippen LogP contribution in [0.15, 0.2) is 41.8 Å². The van der Waals surface area contributed by atoms with E-state index < -0.39 is 0 Å². The number of hydrogen-bond acceptors (Lipinski definition) is 4. The van der Waals surface area contributed by atoms with E-state index in [1.165, 1.54) is 0 Å². The van der Waals surface area contributed by atoms with E-state index in [0.717, 1.165) is 27.4 Å². The third-order valence-electron chi connectivity index (χ3n) is 4.56.